The highest BCUT2D eigenvalue weighted by Crippen LogP contribution is 2.38. The molecule has 1 aliphatic rings. The lowest BCUT2D eigenvalue weighted by Crippen LogP contribution is -2.37. The minimum absolute atomic E-state index is 0.147. The quantitative estimate of drug-likeness (QED) is 0.207. The molecule has 0 aliphatic carbocycles. The molecule has 5 rings (SSSR count). The van der Waals surface area contributed by atoms with E-state index in [0.29, 0.717) is 32.1 Å². The van der Waals surface area contributed by atoms with Crippen LogP contribution in [0.1, 0.15) is 21.5 Å². The highest BCUT2D eigenvalue weighted by Gasteiger charge is 2.30. The van der Waals surface area contributed by atoms with E-state index in [9.17, 15) is 9.59 Å². The molecule has 0 radical (unpaired) electrons. The summed E-state index contributed by atoms with van der Waals surface area (Å²) in [6.07, 6.45) is 1.49. The zero-order valence-electron chi connectivity index (χ0n) is 19.7. The Morgan fingerprint density at radius 3 is 2.68 bits per heavy atom. The number of methoxy groups -OCH3 is 1. The average molecular weight is 579 g/mol. The summed E-state index contributed by atoms with van der Waals surface area (Å²) in [5.41, 5.74) is 5.33. The Morgan fingerprint density at radius 1 is 1.11 bits per heavy atom. The second-order valence-corrected chi connectivity index (χ2v) is 9.54. The van der Waals surface area contributed by atoms with E-state index in [1.54, 1.807) is 31.4 Å². The molecule has 9 heteroatoms. The number of anilines is 1. The third-order valence-corrected chi connectivity index (χ3v) is 6.89. The number of hydrogen-bond donors (Lipinski definition) is 1. The first-order valence-corrected chi connectivity index (χ1v) is 12.5. The maximum absolute atomic E-state index is 12.9. The topological polar surface area (TPSA) is 80.2 Å². The Balaban J connectivity index is 1.25. The standard InChI is InChI=1S/C28H21BrClN3O4/c1-36-24-13-17(12-21(29)27(24)37-16-19-6-2-3-10-22(19)30)14-31-32-25(34)15-33-23-11-5-8-18-7-4-9-20(26(18)23)28(33)35/h2-14H,15-16H2,1H3,(H,32,34)/b31-14-. The van der Waals surface area contributed by atoms with Gasteiger partial charge in [-0.05, 0) is 57.2 Å². The van der Waals surface area contributed by atoms with E-state index in [1.165, 1.54) is 11.1 Å². The van der Waals surface area contributed by atoms with Crippen molar-refractivity contribution < 1.29 is 19.1 Å². The molecule has 7 nitrogen and oxygen atoms in total. The second-order valence-electron chi connectivity index (χ2n) is 8.28. The summed E-state index contributed by atoms with van der Waals surface area (Å²) in [7, 11) is 1.54. The highest BCUT2D eigenvalue weighted by molar-refractivity contribution is 9.10. The summed E-state index contributed by atoms with van der Waals surface area (Å²) in [6.45, 7) is 0.122. The number of halogens is 2. The fourth-order valence-corrected chi connectivity index (χ4v) is 4.98. The number of nitrogens with one attached hydrogen (secondary N) is 1. The largest absolute Gasteiger partial charge is 0.493 e. The molecule has 4 aromatic carbocycles. The predicted molar refractivity (Wildman–Crippen MR) is 148 cm³/mol. The molecule has 0 spiro atoms. The lowest BCUT2D eigenvalue weighted by molar-refractivity contribution is -0.119. The van der Waals surface area contributed by atoms with Crippen LogP contribution in [0.15, 0.2) is 82.4 Å². The number of carbonyl (C=O) groups is 2. The first-order chi connectivity index (χ1) is 18.0. The molecule has 0 atom stereocenters. The number of ether oxygens (including phenoxy) is 2. The molecule has 0 unspecified atom stereocenters. The molecule has 2 amide bonds. The summed E-state index contributed by atoms with van der Waals surface area (Å²) in [5.74, 6) is 0.389. The summed E-state index contributed by atoms with van der Waals surface area (Å²) in [6, 6.07) is 22.2. The van der Waals surface area contributed by atoms with Gasteiger partial charge in [0.1, 0.15) is 13.2 Å². The molecule has 0 saturated carbocycles. The fourth-order valence-electron chi connectivity index (χ4n) is 4.21. The number of hydrogen-bond acceptors (Lipinski definition) is 5. The van der Waals surface area contributed by atoms with Gasteiger partial charge in [0, 0.05) is 21.5 Å². The van der Waals surface area contributed by atoms with Crippen LogP contribution in [0, 0.1) is 0 Å². The van der Waals surface area contributed by atoms with Crippen LogP contribution in [0.5, 0.6) is 11.5 Å². The van der Waals surface area contributed by atoms with E-state index in [0.717, 1.165) is 22.0 Å². The number of hydrazone groups is 1. The molecule has 4 aromatic rings. The Labute approximate surface area is 226 Å². The van der Waals surface area contributed by atoms with Gasteiger partial charge in [-0.25, -0.2) is 5.43 Å². The van der Waals surface area contributed by atoms with Crippen LogP contribution in [0.2, 0.25) is 5.02 Å². The molecule has 0 bridgehead atoms. The molecular formula is C28H21BrClN3O4. The fraction of sp³-hybridized carbons (Fsp3) is 0.107. The Morgan fingerprint density at radius 2 is 1.89 bits per heavy atom. The SMILES string of the molecule is COc1cc(/C=N\NC(=O)CN2C(=O)c3cccc4cccc2c34)cc(Br)c1OCc1ccccc1Cl. The maximum atomic E-state index is 12.9. The van der Waals surface area contributed by atoms with E-state index < -0.39 is 5.91 Å². The Bertz CT molecular complexity index is 1550. The van der Waals surface area contributed by atoms with E-state index in [-0.39, 0.29) is 19.1 Å². The second kappa shape index (κ2) is 10.6. The van der Waals surface area contributed by atoms with Gasteiger partial charge < -0.3 is 9.47 Å². The Hall–Kier alpha value is -3.88. The van der Waals surface area contributed by atoms with Crippen LogP contribution in [-0.2, 0) is 11.4 Å². The summed E-state index contributed by atoms with van der Waals surface area (Å²) in [4.78, 5) is 27.0. The summed E-state index contributed by atoms with van der Waals surface area (Å²) in [5, 5.41) is 6.50. The summed E-state index contributed by atoms with van der Waals surface area (Å²) < 4.78 is 12.1. The van der Waals surface area contributed by atoms with Crippen LogP contribution in [-0.4, -0.2) is 31.7 Å². The van der Waals surface area contributed by atoms with Crippen molar-refractivity contribution in [3.8, 4) is 11.5 Å². The Kier molecular flexibility index (Phi) is 7.12. The van der Waals surface area contributed by atoms with Crippen molar-refractivity contribution in [2.24, 2.45) is 5.10 Å². The maximum Gasteiger partial charge on any atom is 0.260 e. The smallest absolute Gasteiger partial charge is 0.260 e. The van der Waals surface area contributed by atoms with Crippen molar-refractivity contribution >= 4 is 62.0 Å². The van der Waals surface area contributed by atoms with Crippen LogP contribution < -0.4 is 19.8 Å². The zero-order chi connectivity index (χ0) is 25.9. The van der Waals surface area contributed by atoms with Gasteiger partial charge in [-0.15, -0.1) is 0 Å². The molecule has 37 heavy (non-hydrogen) atoms. The minimum Gasteiger partial charge on any atom is -0.493 e. The van der Waals surface area contributed by atoms with Gasteiger partial charge in [0.05, 0.1) is 23.5 Å². The predicted octanol–water partition coefficient (Wildman–Crippen LogP) is 5.95. The molecular weight excluding hydrogens is 558 g/mol. The van der Waals surface area contributed by atoms with Gasteiger partial charge in [0.15, 0.2) is 11.5 Å². The van der Waals surface area contributed by atoms with Gasteiger partial charge in [0.25, 0.3) is 11.8 Å². The van der Waals surface area contributed by atoms with Crippen LogP contribution in [0.4, 0.5) is 5.69 Å². The molecule has 186 valence electrons. The van der Waals surface area contributed by atoms with Crippen molar-refractivity contribution in [1.29, 1.82) is 0 Å². The molecule has 0 aromatic heterocycles. The first-order valence-electron chi connectivity index (χ1n) is 11.4. The summed E-state index contributed by atoms with van der Waals surface area (Å²) >= 11 is 9.73. The lowest BCUT2D eigenvalue weighted by Gasteiger charge is -2.16. The van der Waals surface area contributed by atoms with Gasteiger partial charge in [-0.3, -0.25) is 14.5 Å². The zero-order valence-corrected chi connectivity index (χ0v) is 22.0. The third kappa shape index (κ3) is 5.03. The molecule has 1 heterocycles. The lowest BCUT2D eigenvalue weighted by atomic mass is 10.1. The van der Waals surface area contributed by atoms with E-state index in [4.69, 9.17) is 21.1 Å². The van der Waals surface area contributed by atoms with Gasteiger partial charge in [0.2, 0.25) is 0 Å². The molecule has 1 aliphatic heterocycles. The number of amides is 2. The van der Waals surface area contributed by atoms with Crippen molar-refractivity contribution in [1.82, 2.24) is 5.43 Å². The van der Waals surface area contributed by atoms with Gasteiger partial charge in [-0.2, -0.15) is 5.10 Å². The van der Waals surface area contributed by atoms with Gasteiger partial charge in [-0.1, -0.05) is 54.1 Å². The first kappa shape index (κ1) is 24.8. The monoisotopic (exact) mass is 577 g/mol. The average Bonchev–Trinajstić information content (AvgIpc) is 3.16. The number of nitrogens with zero attached hydrogens (tertiary/aromatic N) is 2. The minimum atomic E-state index is -0.417. The van der Waals surface area contributed by atoms with Crippen LogP contribution in [0.25, 0.3) is 10.8 Å². The number of carbonyl (C=O) groups excluding carboxylic acids is 2. The number of benzene rings is 4. The van der Waals surface area contributed by atoms with Crippen LogP contribution >= 0.6 is 27.5 Å². The van der Waals surface area contributed by atoms with Crippen molar-refractivity contribution in [3.05, 3.63) is 99.0 Å². The van der Waals surface area contributed by atoms with E-state index in [1.807, 2.05) is 48.5 Å². The van der Waals surface area contributed by atoms with Crippen molar-refractivity contribution in [2.75, 3.05) is 18.6 Å². The van der Waals surface area contributed by atoms with E-state index >= 15 is 0 Å². The molecule has 0 fully saturated rings. The van der Waals surface area contributed by atoms with Crippen molar-refractivity contribution in [3.63, 3.8) is 0 Å². The number of rotatable bonds is 8. The van der Waals surface area contributed by atoms with E-state index in [2.05, 4.69) is 26.5 Å². The van der Waals surface area contributed by atoms with Gasteiger partial charge >= 0.3 is 0 Å². The van der Waals surface area contributed by atoms with Crippen molar-refractivity contribution in [2.45, 2.75) is 6.61 Å². The molecule has 0 saturated heterocycles. The molecule has 1 N–H and O–H groups in total. The highest BCUT2D eigenvalue weighted by atomic mass is 79.9. The normalized spacial score (nSPS) is 12.4. The third-order valence-electron chi connectivity index (χ3n) is 5.94. The van der Waals surface area contributed by atoms with Crippen LogP contribution in [0.3, 0.4) is 0 Å².